The van der Waals surface area contributed by atoms with Crippen LogP contribution in [0.25, 0.3) is 21.1 Å². The van der Waals surface area contributed by atoms with Gasteiger partial charge in [0.25, 0.3) is 5.69 Å². The van der Waals surface area contributed by atoms with Crippen molar-refractivity contribution >= 4 is 38.1 Å². The van der Waals surface area contributed by atoms with Gasteiger partial charge in [0.2, 0.25) is 0 Å². The first-order valence-corrected chi connectivity index (χ1v) is 10.2. The Morgan fingerprint density at radius 1 is 1.21 bits per heavy atom. The average molecular weight is 393 g/mol. The zero-order valence-corrected chi connectivity index (χ0v) is 16.0. The second-order valence-electron chi connectivity index (χ2n) is 7.13. The molecule has 2 aromatic heterocycles. The lowest BCUT2D eigenvalue weighted by molar-refractivity contribution is -0.384. The molecule has 1 unspecified atom stereocenters. The van der Waals surface area contributed by atoms with Crippen LogP contribution in [0.15, 0.2) is 48.7 Å². The number of aromatic nitrogens is 3. The third-order valence-corrected chi connectivity index (χ3v) is 6.50. The minimum atomic E-state index is -0.360. The molecule has 0 saturated carbocycles. The molecule has 0 aliphatic carbocycles. The van der Waals surface area contributed by atoms with E-state index in [1.807, 2.05) is 16.8 Å². The summed E-state index contributed by atoms with van der Waals surface area (Å²) in [5.74, 6) is 0. The lowest BCUT2D eigenvalue weighted by Crippen LogP contribution is -2.35. The number of hydrogen-bond acceptors (Lipinski definition) is 6. The summed E-state index contributed by atoms with van der Waals surface area (Å²) >= 11 is 1.76. The van der Waals surface area contributed by atoms with E-state index in [1.54, 1.807) is 29.7 Å². The second-order valence-corrected chi connectivity index (χ2v) is 8.19. The SMILES string of the molecule is O=[N+]([O-])c1ccc2cnn(CN3CCCCC3c3nc4ccccc4s3)c2c1. The summed E-state index contributed by atoms with van der Waals surface area (Å²) in [6.45, 7) is 1.57. The van der Waals surface area contributed by atoms with Crippen molar-refractivity contribution in [2.24, 2.45) is 0 Å². The van der Waals surface area contributed by atoms with Gasteiger partial charge in [-0.3, -0.25) is 19.7 Å². The van der Waals surface area contributed by atoms with E-state index < -0.39 is 0 Å². The molecule has 0 N–H and O–H groups in total. The summed E-state index contributed by atoms with van der Waals surface area (Å²) in [5, 5.41) is 17.7. The molecule has 3 heterocycles. The lowest BCUT2D eigenvalue weighted by atomic mass is 10.0. The molecular formula is C20H19N5O2S. The largest absolute Gasteiger partial charge is 0.275 e. The molecule has 0 spiro atoms. The van der Waals surface area contributed by atoms with Crippen LogP contribution in [-0.2, 0) is 6.67 Å². The minimum Gasteiger partial charge on any atom is -0.275 e. The predicted octanol–water partition coefficient (Wildman–Crippen LogP) is 4.74. The van der Waals surface area contributed by atoms with Crippen molar-refractivity contribution in [3.63, 3.8) is 0 Å². The van der Waals surface area contributed by atoms with Gasteiger partial charge in [-0.1, -0.05) is 18.6 Å². The number of nitrogens with zero attached hydrogens (tertiary/aromatic N) is 5. The maximum atomic E-state index is 11.1. The zero-order valence-electron chi connectivity index (χ0n) is 15.2. The molecule has 8 heteroatoms. The fraction of sp³-hybridized carbons (Fsp3) is 0.300. The highest BCUT2D eigenvalue weighted by atomic mass is 32.1. The van der Waals surface area contributed by atoms with Gasteiger partial charge in [-0.2, -0.15) is 5.10 Å². The maximum absolute atomic E-state index is 11.1. The van der Waals surface area contributed by atoms with E-state index >= 15 is 0 Å². The van der Waals surface area contributed by atoms with Crippen molar-refractivity contribution in [2.75, 3.05) is 6.54 Å². The maximum Gasteiger partial charge on any atom is 0.271 e. The summed E-state index contributed by atoms with van der Waals surface area (Å²) in [7, 11) is 0. The number of benzene rings is 2. The van der Waals surface area contributed by atoms with Crippen LogP contribution in [0, 0.1) is 10.1 Å². The van der Waals surface area contributed by atoms with Crippen molar-refractivity contribution in [3.8, 4) is 0 Å². The number of nitro benzene ring substituents is 1. The Balaban J connectivity index is 1.48. The Kier molecular flexibility index (Phi) is 4.29. The summed E-state index contributed by atoms with van der Waals surface area (Å²) < 4.78 is 3.08. The first-order valence-electron chi connectivity index (χ1n) is 9.38. The van der Waals surface area contributed by atoms with Crippen molar-refractivity contribution in [1.29, 1.82) is 0 Å². The van der Waals surface area contributed by atoms with E-state index in [4.69, 9.17) is 4.98 Å². The molecule has 1 aliphatic rings. The smallest absolute Gasteiger partial charge is 0.271 e. The molecule has 0 amide bonds. The van der Waals surface area contributed by atoms with E-state index in [0.29, 0.717) is 6.67 Å². The normalized spacial score (nSPS) is 18.1. The summed E-state index contributed by atoms with van der Waals surface area (Å²) in [4.78, 5) is 18.1. The van der Waals surface area contributed by atoms with E-state index in [0.717, 1.165) is 40.8 Å². The van der Waals surface area contributed by atoms with Crippen LogP contribution in [-0.4, -0.2) is 31.1 Å². The fourth-order valence-electron chi connectivity index (χ4n) is 3.93. The molecular weight excluding hydrogens is 374 g/mol. The molecule has 4 aromatic rings. The molecule has 0 bridgehead atoms. The van der Waals surface area contributed by atoms with Crippen LogP contribution in [0.1, 0.15) is 30.3 Å². The monoisotopic (exact) mass is 393 g/mol. The van der Waals surface area contributed by atoms with Crippen molar-refractivity contribution in [2.45, 2.75) is 32.0 Å². The standard InChI is InChI=1S/C20H19N5O2S/c26-25(27)15-9-8-14-12-21-24(18(14)11-15)13-23-10-4-3-6-17(23)20-22-16-5-1-2-7-19(16)28-20/h1-2,5,7-9,11-12,17H,3-4,6,10,13H2. The number of nitro groups is 1. The molecule has 142 valence electrons. The number of likely N-dealkylation sites (tertiary alicyclic amines) is 1. The van der Waals surface area contributed by atoms with Crippen molar-refractivity contribution in [1.82, 2.24) is 19.7 Å². The van der Waals surface area contributed by atoms with Crippen LogP contribution in [0.3, 0.4) is 0 Å². The third-order valence-electron chi connectivity index (χ3n) is 5.36. The average Bonchev–Trinajstić information content (AvgIpc) is 3.32. The Labute approximate surface area is 165 Å². The quantitative estimate of drug-likeness (QED) is 0.370. The van der Waals surface area contributed by atoms with Gasteiger partial charge in [-0.05, 0) is 31.0 Å². The number of hydrogen-bond donors (Lipinski definition) is 0. The van der Waals surface area contributed by atoms with E-state index in [9.17, 15) is 10.1 Å². The number of fused-ring (bicyclic) bond motifs is 2. The fourth-order valence-corrected chi connectivity index (χ4v) is 5.07. The van der Waals surface area contributed by atoms with Crippen LogP contribution >= 0.6 is 11.3 Å². The van der Waals surface area contributed by atoms with Crippen molar-refractivity contribution < 1.29 is 4.92 Å². The van der Waals surface area contributed by atoms with Gasteiger partial charge >= 0.3 is 0 Å². The molecule has 28 heavy (non-hydrogen) atoms. The third kappa shape index (κ3) is 3.04. The Morgan fingerprint density at radius 3 is 2.96 bits per heavy atom. The zero-order chi connectivity index (χ0) is 19.1. The van der Waals surface area contributed by atoms with Crippen LogP contribution in [0.5, 0.6) is 0 Å². The molecule has 7 nitrogen and oxygen atoms in total. The first-order chi connectivity index (χ1) is 13.7. The highest BCUT2D eigenvalue weighted by Gasteiger charge is 2.27. The molecule has 0 radical (unpaired) electrons. The summed E-state index contributed by atoms with van der Waals surface area (Å²) in [6, 6.07) is 13.4. The number of para-hydroxylation sites is 1. The lowest BCUT2D eigenvalue weighted by Gasteiger charge is -2.34. The van der Waals surface area contributed by atoms with Crippen LogP contribution < -0.4 is 0 Å². The van der Waals surface area contributed by atoms with E-state index in [2.05, 4.69) is 22.1 Å². The van der Waals surface area contributed by atoms with Gasteiger partial charge in [0, 0.05) is 24.1 Å². The van der Waals surface area contributed by atoms with E-state index in [1.165, 1.54) is 17.2 Å². The highest BCUT2D eigenvalue weighted by molar-refractivity contribution is 7.18. The molecule has 1 fully saturated rings. The Bertz CT molecular complexity index is 1130. The highest BCUT2D eigenvalue weighted by Crippen LogP contribution is 2.36. The van der Waals surface area contributed by atoms with Gasteiger partial charge in [-0.25, -0.2) is 4.98 Å². The predicted molar refractivity (Wildman–Crippen MR) is 109 cm³/mol. The van der Waals surface area contributed by atoms with Crippen LogP contribution in [0.2, 0.25) is 0 Å². The summed E-state index contributed by atoms with van der Waals surface area (Å²) in [5.41, 5.74) is 1.94. The minimum absolute atomic E-state index is 0.0932. The van der Waals surface area contributed by atoms with E-state index in [-0.39, 0.29) is 16.7 Å². The van der Waals surface area contributed by atoms with Gasteiger partial charge in [0.05, 0.1) is 39.6 Å². The second kappa shape index (κ2) is 6.96. The molecule has 1 atom stereocenters. The van der Waals surface area contributed by atoms with Crippen LogP contribution in [0.4, 0.5) is 5.69 Å². The van der Waals surface area contributed by atoms with Gasteiger partial charge in [0.15, 0.2) is 0 Å². The topological polar surface area (TPSA) is 77.1 Å². The number of non-ortho nitro benzene ring substituents is 1. The number of piperidine rings is 1. The summed E-state index contributed by atoms with van der Waals surface area (Å²) in [6.07, 6.45) is 5.16. The van der Waals surface area contributed by atoms with Gasteiger partial charge in [0.1, 0.15) is 5.01 Å². The molecule has 1 aliphatic heterocycles. The van der Waals surface area contributed by atoms with Gasteiger partial charge in [-0.15, -0.1) is 11.3 Å². The number of rotatable bonds is 4. The first kappa shape index (κ1) is 17.3. The molecule has 2 aromatic carbocycles. The van der Waals surface area contributed by atoms with Gasteiger partial charge < -0.3 is 0 Å². The molecule has 1 saturated heterocycles. The Hall–Kier alpha value is -2.84. The Morgan fingerprint density at radius 2 is 2.11 bits per heavy atom. The molecule has 5 rings (SSSR count). The van der Waals surface area contributed by atoms with Crippen molar-refractivity contribution in [3.05, 3.63) is 63.8 Å². The number of thiazole rings is 1.